The quantitative estimate of drug-likeness (QED) is 0.255. The second-order valence-electron chi connectivity index (χ2n) is 11.1. The fraction of sp³-hybridized carbons (Fsp3) is 0.312. The predicted octanol–water partition coefficient (Wildman–Crippen LogP) is 3.62. The first-order valence-electron chi connectivity index (χ1n) is 13.7. The highest BCUT2D eigenvalue weighted by Gasteiger charge is 2.45. The molecule has 4 N–H and O–H groups in total. The van der Waals surface area contributed by atoms with Crippen LogP contribution in [0.5, 0.6) is 11.5 Å². The Labute approximate surface area is 248 Å². The van der Waals surface area contributed by atoms with Gasteiger partial charge in [0.05, 0.1) is 18.3 Å². The smallest absolute Gasteiger partial charge is 0.251 e. The third kappa shape index (κ3) is 5.86. The van der Waals surface area contributed by atoms with E-state index in [1.165, 1.54) is 31.2 Å². The standard InChI is InChI=1S/C32H33FN4O6/c1-18(41-4)15-42-24-13-21(12-20-6-5-11-35-26(20)24)29(38)36-16-32(3,40)25-14-23-28(43-17-31(23,2)30(34)39)27(37-25)19-7-9-22(33)10-8-19/h5-14,18,40H,15-17H2,1-4H3,(H2,34,39)(H,36,38)/t18-,31-,32-/m0/s1. The van der Waals surface area contributed by atoms with Gasteiger partial charge in [0, 0.05) is 35.4 Å². The Kier molecular flexibility index (Phi) is 8.04. The Morgan fingerprint density at radius 3 is 2.67 bits per heavy atom. The summed E-state index contributed by atoms with van der Waals surface area (Å²) >= 11 is 0. The zero-order valence-electron chi connectivity index (χ0n) is 24.3. The molecule has 2 aromatic carbocycles. The molecule has 5 rings (SSSR count). The summed E-state index contributed by atoms with van der Waals surface area (Å²) in [4.78, 5) is 34.9. The van der Waals surface area contributed by atoms with Crippen molar-refractivity contribution in [3.05, 3.63) is 83.4 Å². The molecule has 0 bridgehead atoms. The van der Waals surface area contributed by atoms with E-state index >= 15 is 0 Å². The van der Waals surface area contributed by atoms with E-state index in [0.717, 1.165) is 0 Å². The summed E-state index contributed by atoms with van der Waals surface area (Å²) in [6.45, 7) is 5.03. The van der Waals surface area contributed by atoms with E-state index in [1.807, 2.05) is 13.0 Å². The topological polar surface area (TPSA) is 146 Å². The Morgan fingerprint density at radius 1 is 1.23 bits per heavy atom. The number of nitrogens with two attached hydrogens (primary N) is 1. The second-order valence-corrected chi connectivity index (χ2v) is 11.1. The summed E-state index contributed by atoms with van der Waals surface area (Å²) in [5, 5.41) is 15.1. The van der Waals surface area contributed by atoms with Crippen LogP contribution in [0.2, 0.25) is 0 Å². The number of carbonyl (C=O) groups excluding carboxylic acids is 2. The molecule has 2 aromatic heterocycles. The van der Waals surface area contributed by atoms with Crippen molar-refractivity contribution in [2.24, 2.45) is 5.73 Å². The van der Waals surface area contributed by atoms with Crippen LogP contribution in [0.1, 0.15) is 42.4 Å². The SMILES string of the molecule is CO[C@@H](C)COc1cc(C(=O)NC[C@](C)(O)c2cc3c(c(-c4ccc(F)cc4)n2)OC[C@]3(C)C(N)=O)cc2cccnc12. The molecule has 4 aromatic rings. The number of aliphatic hydroxyl groups is 1. The molecule has 0 saturated carbocycles. The number of pyridine rings is 2. The summed E-state index contributed by atoms with van der Waals surface area (Å²) in [5.41, 5.74) is 5.24. The van der Waals surface area contributed by atoms with Crippen LogP contribution < -0.4 is 20.5 Å². The van der Waals surface area contributed by atoms with Gasteiger partial charge in [-0.25, -0.2) is 9.37 Å². The molecular weight excluding hydrogens is 555 g/mol. The zero-order valence-corrected chi connectivity index (χ0v) is 24.3. The third-order valence-electron chi connectivity index (χ3n) is 7.69. The lowest BCUT2D eigenvalue weighted by atomic mass is 9.82. The number of aromatic nitrogens is 2. The van der Waals surface area contributed by atoms with E-state index in [4.69, 9.17) is 19.9 Å². The third-order valence-corrected chi connectivity index (χ3v) is 7.69. The number of nitrogens with zero attached hydrogens (tertiary/aromatic N) is 2. The van der Waals surface area contributed by atoms with E-state index in [0.29, 0.717) is 44.8 Å². The lowest BCUT2D eigenvalue weighted by molar-refractivity contribution is -0.123. The van der Waals surface area contributed by atoms with Crippen LogP contribution in [0, 0.1) is 5.82 Å². The van der Waals surface area contributed by atoms with Crippen molar-refractivity contribution >= 4 is 22.7 Å². The summed E-state index contributed by atoms with van der Waals surface area (Å²) in [5.74, 6) is -0.739. The first kappa shape index (κ1) is 29.9. The molecule has 0 fully saturated rings. The van der Waals surface area contributed by atoms with Gasteiger partial charge in [0.25, 0.3) is 5.91 Å². The zero-order chi connectivity index (χ0) is 30.9. The minimum absolute atomic E-state index is 0.0136. The number of hydrogen-bond donors (Lipinski definition) is 3. The summed E-state index contributed by atoms with van der Waals surface area (Å²) < 4.78 is 30.7. The maximum atomic E-state index is 13.7. The van der Waals surface area contributed by atoms with Gasteiger partial charge in [-0.2, -0.15) is 0 Å². The highest BCUT2D eigenvalue weighted by Crippen LogP contribution is 2.45. The van der Waals surface area contributed by atoms with Crippen molar-refractivity contribution in [1.29, 1.82) is 0 Å². The number of ether oxygens (including phenoxy) is 3. The van der Waals surface area contributed by atoms with Crippen LogP contribution in [-0.4, -0.2) is 59.9 Å². The van der Waals surface area contributed by atoms with Crippen molar-refractivity contribution in [3.63, 3.8) is 0 Å². The van der Waals surface area contributed by atoms with Crippen LogP contribution in [0.3, 0.4) is 0 Å². The molecule has 2 amide bonds. The van der Waals surface area contributed by atoms with Gasteiger partial charge in [-0.15, -0.1) is 0 Å². The molecule has 11 heteroatoms. The number of fused-ring (bicyclic) bond motifs is 2. The molecule has 0 radical (unpaired) electrons. The minimum Gasteiger partial charge on any atom is -0.489 e. The summed E-state index contributed by atoms with van der Waals surface area (Å²) in [7, 11) is 1.58. The molecule has 43 heavy (non-hydrogen) atoms. The van der Waals surface area contributed by atoms with Gasteiger partial charge in [0.2, 0.25) is 5.91 Å². The van der Waals surface area contributed by atoms with Crippen molar-refractivity contribution in [3.8, 4) is 22.8 Å². The lowest BCUT2D eigenvalue weighted by Gasteiger charge is -2.26. The molecule has 0 aliphatic carbocycles. The molecule has 3 atom stereocenters. The number of nitrogens with one attached hydrogen (secondary N) is 1. The number of benzene rings is 2. The minimum atomic E-state index is -1.69. The van der Waals surface area contributed by atoms with Crippen LogP contribution in [0.4, 0.5) is 4.39 Å². The van der Waals surface area contributed by atoms with Gasteiger partial charge < -0.3 is 30.4 Å². The number of primary amides is 1. The van der Waals surface area contributed by atoms with Gasteiger partial charge in [-0.1, -0.05) is 6.07 Å². The van der Waals surface area contributed by atoms with Gasteiger partial charge in [0.1, 0.15) is 52.8 Å². The van der Waals surface area contributed by atoms with Gasteiger partial charge in [0.15, 0.2) is 0 Å². The van der Waals surface area contributed by atoms with Crippen LogP contribution >= 0.6 is 0 Å². The first-order chi connectivity index (χ1) is 20.4. The van der Waals surface area contributed by atoms with Crippen molar-refractivity contribution in [2.45, 2.75) is 37.9 Å². The number of amides is 2. The highest BCUT2D eigenvalue weighted by atomic mass is 19.1. The molecule has 0 saturated heterocycles. The second kappa shape index (κ2) is 11.6. The average molecular weight is 589 g/mol. The number of rotatable bonds is 10. The molecule has 3 heterocycles. The Hall–Kier alpha value is -4.61. The molecule has 0 spiro atoms. The number of halogens is 1. The normalized spacial score (nSPS) is 17.9. The van der Waals surface area contributed by atoms with Crippen LogP contribution in [0.15, 0.2) is 60.8 Å². The summed E-state index contributed by atoms with van der Waals surface area (Å²) in [6.07, 6.45) is 1.47. The Morgan fingerprint density at radius 2 is 1.98 bits per heavy atom. The Bertz CT molecular complexity index is 1690. The van der Waals surface area contributed by atoms with Crippen molar-refractivity contribution in [2.75, 3.05) is 26.9 Å². The van der Waals surface area contributed by atoms with E-state index < -0.39 is 28.6 Å². The fourth-order valence-electron chi connectivity index (χ4n) is 4.79. The molecule has 10 nitrogen and oxygen atoms in total. The molecular formula is C32H33FN4O6. The van der Waals surface area contributed by atoms with Crippen LogP contribution in [-0.2, 0) is 20.5 Å². The van der Waals surface area contributed by atoms with E-state index in [9.17, 15) is 19.1 Å². The highest BCUT2D eigenvalue weighted by molar-refractivity contribution is 6.00. The maximum Gasteiger partial charge on any atom is 0.251 e. The molecule has 1 aliphatic rings. The Balaban J connectivity index is 1.46. The number of carbonyl (C=O) groups is 2. The van der Waals surface area contributed by atoms with Gasteiger partial charge in [-0.05, 0) is 69.3 Å². The number of methoxy groups -OCH3 is 1. The lowest BCUT2D eigenvalue weighted by Crippen LogP contribution is -2.41. The summed E-state index contributed by atoms with van der Waals surface area (Å²) in [6, 6.07) is 14.1. The van der Waals surface area contributed by atoms with E-state index in [2.05, 4.69) is 15.3 Å². The monoisotopic (exact) mass is 588 g/mol. The molecule has 1 aliphatic heterocycles. The fourth-order valence-corrected chi connectivity index (χ4v) is 4.79. The predicted molar refractivity (Wildman–Crippen MR) is 157 cm³/mol. The molecule has 0 unspecified atom stereocenters. The largest absolute Gasteiger partial charge is 0.489 e. The number of hydrogen-bond acceptors (Lipinski definition) is 8. The van der Waals surface area contributed by atoms with E-state index in [-0.39, 0.29) is 31.6 Å². The van der Waals surface area contributed by atoms with Crippen LogP contribution in [0.25, 0.3) is 22.2 Å². The van der Waals surface area contributed by atoms with Gasteiger partial charge >= 0.3 is 0 Å². The van der Waals surface area contributed by atoms with Crippen molar-refractivity contribution in [1.82, 2.24) is 15.3 Å². The van der Waals surface area contributed by atoms with Crippen molar-refractivity contribution < 1.29 is 33.3 Å². The molecule has 224 valence electrons. The average Bonchev–Trinajstić information content (AvgIpc) is 3.36. The van der Waals surface area contributed by atoms with E-state index in [1.54, 1.807) is 44.5 Å². The first-order valence-corrected chi connectivity index (χ1v) is 13.7. The van der Waals surface area contributed by atoms with Gasteiger partial charge in [-0.3, -0.25) is 14.6 Å². The maximum absolute atomic E-state index is 13.7.